The molecule has 0 radical (unpaired) electrons. The molecule has 224 valence electrons. The van der Waals surface area contributed by atoms with Crippen LogP contribution in [0.5, 0.6) is 11.5 Å². The van der Waals surface area contributed by atoms with Crippen molar-refractivity contribution in [1.29, 1.82) is 0 Å². The molecule has 1 N–H and O–H groups in total. The second kappa shape index (κ2) is 16.9. The van der Waals surface area contributed by atoms with Gasteiger partial charge in [0.05, 0.1) is 19.1 Å². The van der Waals surface area contributed by atoms with Gasteiger partial charge in [0, 0.05) is 24.8 Å². The van der Waals surface area contributed by atoms with Gasteiger partial charge in [0.1, 0.15) is 29.1 Å². The molecule has 1 fully saturated rings. The number of benzene rings is 2. The number of carboxylic acid groups (broad SMARTS) is 1. The van der Waals surface area contributed by atoms with Crippen LogP contribution >= 0.6 is 0 Å². The molecule has 0 heterocycles. The van der Waals surface area contributed by atoms with Gasteiger partial charge in [-0.05, 0) is 86.8 Å². The van der Waals surface area contributed by atoms with Gasteiger partial charge in [0.15, 0.2) is 0 Å². The van der Waals surface area contributed by atoms with Crippen LogP contribution in [0.1, 0.15) is 72.9 Å². The van der Waals surface area contributed by atoms with Crippen LogP contribution in [0.15, 0.2) is 55.1 Å². The van der Waals surface area contributed by atoms with Gasteiger partial charge in [-0.1, -0.05) is 24.8 Å². The molecule has 0 aromatic heterocycles. The molecule has 0 bridgehead atoms. The van der Waals surface area contributed by atoms with E-state index in [-0.39, 0.29) is 29.4 Å². The first-order valence-electron chi connectivity index (χ1n) is 14.4. The minimum absolute atomic E-state index is 0.0449. The highest BCUT2D eigenvalue weighted by Gasteiger charge is 2.31. The topological polar surface area (TPSA) is 133 Å². The van der Waals surface area contributed by atoms with Gasteiger partial charge in [-0.25, -0.2) is 9.59 Å². The zero-order valence-corrected chi connectivity index (χ0v) is 23.8. The molecule has 2 aromatic carbocycles. The third-order valence-electron chi connectivity index (χ3n) is 7.34. The maximum Gasteiger partial charge on any atom is 0.339 e. The van der Waals surface area contributed by atoms with Crippen LogP contribution in [-0.2, 0) is 36.8 Å². The Labute approximate surface area is 245 Å². The molecular weight excluding hydrogens is 540 g/mol. The minimum Gasteiger partial charge on any atom is -0.494 e. The Morgan fingerprint density at radius 1 is 0.857 bits per heavy atom. The quantitative estimate of drug-likeness (QED) is 0.0870. The Kier molecular flexibility index (Phi) is 12.9. The number of unbranched alkanes of at least 4 members (excludes halogenated alkanes) is 3. The molecule has 0 amide bonds. The zero-order valence-electron chi connectivity index (χ0n) is 23.8. The Morgan fingerprint density at radius 2 is 1.50 bits per heavy atom. The van der Waals surface area contributed by atoms with Gasteiger partial charge < -0.3 is 24.1 Å². The molecule has 0 unspecified atom stereocenters. The number of aromatic carboxylic acids is 1. The standard InChI is InChI=1S/C33H38O9/c1-2-31(36)41-20-6-4-3-5-19-40-27-14-7-23(8-15-27)22-29(35)25-10-12-26(13-11-25)33(39)42-30-16-9-24(17-18-34)21-28(30)32(37)38/h2,7-9,14-16,18,21,25-26H,1,3-6,10-13,17,19-20,22H2,(H,37,38)/t25-,26-. The van der Waals surface area contributed by atoms with Crippen molar-refractivity contribution in [1.82, 2.24) is 0 Å². The summed E-state index contributed by atoms with van der Waals surface area (Å²) in [4.78, 5) is 59.0. The molecule has 1 aliphatic rings. The van der Waals surface area contributed by atoms with Gasteiger partial charge in [0.25, 0.3) is 0 Å². The number of hydrogen-bond donors (Lipinski definition) is 1. The van der Waals surface area contributed by atoms with E-state index in [2.05, 4.69) is 6.58 Å². The summed E-state index contributed by atoms with van der Waals surface area (Å²) in [7, 11) is 0. The van der Waals surface area contributed by atoms with E-state index in [1.54, 1.807) is 6.07 Å². The van der Waals surface area contributed by atoms with Crippen molar-refractivity contribution in [3.8, 4) is 11.5 Å². The number of carbonyl (C=O) groups is 5. The first-order chi connectivity index (χ1) is 20.3. The number of rotatable bonds is 17. The second-order valence-corrected chi connectivity index (χ2v) is 10.4. The fourth-order valence-corrected chi connectivity index (χ4v) is 4.93. The number of carbonyl (C=O) groups excluding carboxylic acids is 4. The van der Waals surface area contributed by atoms with E-state index >= 15 is 0 Å². The molecule has 0 atom stereocenters. The normalized spacial score (nSPS) is 16.2. The van der Waals surface area contributed by atoms with E-state index in [0.29, 0.717) is 57.2 Å². The summed E-state index contributed by atoms with van der Waals surface area (Å²) >= 11 is 0. The van der Waals surface area contributed by atoms with Crippen molar-refractivity contribution < 1.29 is 43.3 Å². The maximum absolute atomic E-state index is 12.9. The number of Topliss-reactive ketones (excluding diaryl/α,β-unsaturated/α-hetero) is 1. The van der Waals surface area contributed by atoms with Crippen molar-refractivity contribution in [2.45, 2.75) is 64.2 Å². The predicted octanol–water partition coefficient (Wildman–Crippen LogP) is 5.32. The lowest BCUT2D eigenvalue weighted by Gasteiger charge is -2.26. The van der Waals surface area contributed by atoms with E-state index in [0.717, 1.165) is 43.1 Å². The predicted molar refractivity (Wildman–Crippen MR) is 155 cm³/mol. The summed E-state index contributed by atoms with van der Waals surface area (Å²) in [6, 6.07) is 11.8. The molecule has 2 aromatic rings. The number of aldehydes is 1. The van der Waals surface area contributed by atoms with Crippen LogP contribution in [0.4, 0.5) is 0 Å². The smallest absolute Gasteiger partial charge is 0.339 e. The molecule has 9 nitrogen and oxygen atoms in total. The highest BCUT2D eigenvalue weighted by molar-refractivity contribution is 5.92. The number of carboxylic acids is 1. The highest BCUT2D eigenvalue weighted by Crippen LogP contribution is 2.32. The summed E-state index contributed by atoms with van der Waals surface area (Å²) in [6.45, 7) is 4.34. The fourth-order valence-electron chi connectivity index (χ4n) is 4.93. The first kappa shape index (κ1) is 32.2. The molecule has 0 aliphatic heterocycles. The number of ether oxygens (including phenoxy) is 3. The third kappa shape index (κ3) is 10.3. The van der Waals surface area contributed by atoms with Crippen molar-refractivity contribution in [3.63, 3.8) is 0 Å². The van der Waals surface area contributed by atoms with Gasteiger partial charge in [-0.2, -0.15) is 0 Å². The van der Waals surface area contributed by atoms with Gasteiger partial charge >= 0.3 is 17.9 Å². The van der Waals surface area contributed by atoms with E-state index in [9.17, 15) is 29.1 Å². The Morgan fingerprint density at radius 3 is 2.14 bits per heavy atom. The fraction of sp³-hybridized carbons (Fsp3) is 0.424. The Hall–Kier alpha value is -4.27. The largest absolute Gasteiger partial charge is 0.494 e. The Bertz CT molecular complexity index is 1240. The van der Waals surface area contributed by atoms with Crippen LogP contribution in [0, 0.1) is 11.8 Å². The van der Waals surface area contributed by atoms with Gasteiger partial charge in [0.2, 0.25) is 0 Å². The first-order valence-corrected chi connectivity index (χ1v) is 14.4. The van der Waals surface area contributed by atoms with Crippen LogP contribution < -0.4 is 9.47 Å². The maximum atomic E-state index is 12.9. The lowest BCUT2D eigenvalue weighted by molar-refractivity contribution is -0.141. The molecule has 3 rings (SSSR count). The van der Waals surface area contributed by atoms with Crippen molar-refractivity contribution in [3.05, 3.63) is 71.8 Å². The molecule has 0 spiro atoms. The van der Waals surface area contributed by atoms with Crippen LogP contribution in [0.25, 0.3) is 0 Å². The average Bonchev–Trinajstić information content (AvgIpc) is 2.99. The van der Waals surface area contributed by atoms with Crippen LogP contribution in [0.3, 0.4) is 0 Å². The zero-order chi connectivity index (χ0) is 30.3. The third-order valence-corrected chi connectivity index (χ3v) is 7.34. The molecular formula is C33H38O9. The van der Waals surface area contributed by atoms with Crippen LogP contribution in [0.2, 0.25) is 0 Å². The summed E-state index contributed by atoms with van der Waals surface area (Å²) in [5.41, 5.74) is 1.27. The summed E-state index contributed by atoms with van der Waals surface area (Å²) in [5, 5.41) is 9.48. The Balaban J connectivity index is 1.37. The minimum atomic E-state index is -1.24. The lowest BCUT2D eigenvalue weighted by Crippen LogP contribution is -2.29. The van der Waals surface area contributed by atoms with E-state index in [1.807, 2.05) is 24.3 Å². The number of esters is 2. The molecule has 0 saturated heterocycles. The monoisotopic (exact) mass is 578 g/mol. The number of hydrogen-bond acceptors (Lipinski definition) is 8. The lowest BCUT2D eigenvalue weighted by atomic mass is 9.79. The summed E-state index contributed by atoms with van der Waals surface area (Å²) in [5.74, 6) is -1.85. The van der Waals surface area contributed by atoms with E-state index in [4.69, 9.17) is 14.2 Å². The molecule has 42 heavy (non-hydrogen) atoms. The second-order valence-electron chi connectivity index (χ2n) is 10.4. The van der Waals surface area contributed by atoms with Crippen molar-refractivity contribution in [2.24, 2.45) is 11.8 Å². The average molecular weight is 579 g/mol. The van der Waals surface area contributed by atoms with Crippen LogP contribution in [-0.4, -0.2) is 48.3 Å². The summed E-state index contributed by atoms with van der Waals surface area (Å²) in [6.07, 6.45) is 7.96. The van der Waals surface area contributed by atoms with Crippen molar-refractivity contribution >= 4 is 30.0 Å². The molecule has 1 saturated carbocycles. The highest BCUT2D eigenvalue weighted by atomic mass is 16.5. The van der Waals surface area contributed by atoms with E-state index in [1.165, 1.54) is 12.1 Å². The summed E-state index contributed by atoms with van der Waals surface area (Å²) < 4.78 is 16.2. The molecule has 9 heteroatoms. The number of ketones is 1. The van der Waals surface area contributed by atoms with Crippen molar-refractivity contribution in [2.75, 3.05) is 13.2 Å². The van der Waals surface area contributed by atoms with Gasteiger partial charge in [-0.3, -0.25) is 9.59 Å². The van der Waals surface area contributed by atoms with E-state index < -0.39 is 23.8 Å². The SMILES string of the molecule is C=CC(=O)OCCCCCCOc1ccc(CC(=O)[C@H]2CC[C@H](C(=O)Oc3ccc(CC=O)cc3C(=O)O)CC2)cc1. The van der Waals surface area contributed by atoms with Gasteiger partial charge in [-0.15, -0.1) is 0 Å². The molecule has 1 aliphatic carbocycles.